The van der Waals surface area contributed by atoms with Gasteiger partial charge < -0.3 is 4.90 Å². The van der Waals surface area contributed by atoms with Crippen LogP contribution in [0.5, 0.6) is 0 Å². The molecule has 1 atom stereocenters. The van der Waals surface area contributed by atoms with E-state index < -0.39 is 10.8 Å². The van der Waals surface area contributed by atoms with Crippen LogP contribution in [0.3, 0.4) is 0 Å². The lowest BCUT2D eigenvalue weighted by molar-refractivity contribution is 0.0761. The molecule has 5 nitrogen and oxygen atoms in total. The lowest BCUT2D eigenvalue weighted by atomic mass is 10.1. The predicted molar refractivity (Wildman–Crippen MR) is 106 cm³/mol. The summed E-state index contributed by atoms with van der Waals surface area (Å²) in [4.78, 5) is 17.7. The van der Waals surface area contributed by atoms with E-state index in [0.717, 1.165) is 37.5 Å². The molecule has 1 aliphatic rings. The number of nitriles is 1. The molecular formula is C21H23N3O2S. The normalized spacial score (nSPS) is 16.4. The van der Waals surface area contributed by atoms with Crippen LogP contribution in [0.4, 0.5) is 0 Å². The highest BCUT2D eigenvalue weighted by atomic mass is 32.2. The summed E-state index contributed by atoms with van der Waals surface area (Å²) in [7, 11) is -1.03. The molecule has 1 heterocycles. The second-order valence-electron chi connectivity index (χ2n) is 6.71. The number of amides is 1. The fourth-order valence-electron chi connectivity index (χ4n) is 3.25. The minimum absolute atomic E-state index is 0.0312. The molecule has 1 aliphatic heterocycles. The van der Waals surface area contributed by atoms with Gasteiger partial charge in [-0.15, -0.1) is 0 Å². The maximum Gasteiger partial charge on any atom is 0.253 e. The number of carbonyl (C=O) groups excluding carboxylic acids is 1. The van der Waals surface area contributed by atoms with E-state index in [4.69, 9.17) is 5.26 Å². The van der Waals surface area contributed by atoms with E-state index in [0.29, 0.717) is 17.7 Å². The summed E-state index contributed by atoms with van der Waals surface area (Å²) in [6.45, 7) is 4.02. The number of hydrogen-bond donors (Lipinski definition) is 0. The monoisotopic (exact) mass is 381 g/mol. The number of benzene rings is 2. The van der Waals surface area contributed by atoms with Crippen LogP contribution in [-0.2, 0) is 17.3 Å². The Morgan fingerprint density at radius 3 is 2.37 bits per heavy atom. The van der Waals surface area contributed by atoms with E-state index >= 15 is 0 Å². The first-order chi connectivity index (χ1) is 13.1. The SMILES string of the molecule is CS(=O)c1ccc(C(=O)N2CCCN(Cc3ccc(C#N)cc3)CC2)cc1. The van der Waals surface area contributed by atoms with Gasteiger partial charge in [0.25, 0.3) is 5.91 Å². The van der Waals surface area contributed by atoms with Gasteiger partial charge in [0.05, 0.1) is 11.6 Å². The Kier molecular flexibility index (Phi) is 6.38. The molecule has 27 heavy (non-hydrogen) atoms. The maximum absolute atomic E-state index is 12.8. The average Bonchev–Trinajstić information content (AvgIpc) is 2.93. The molecule has 0 bridgehead atoms. The Labute approximate surface area is 162 Å². The van der Waals surface area contributed by atoms with Gasteiger partial charge in [0.1, 0.15) is 0 Å². The average molecular weight is 382 g/mol. The molecule has 1 amide bonds. The van der Waals surface area contributed by atoms with Crippen LogP contribution in [0.2, 0.25) is 0 Å². The Morgan fingerprint density at radius 2 is 1.74 bits per heavy atom. The molecular weight excluding hydrogens is 358 g/mol. The van der Waals surface area contributed by atoms with Crippen LogP contribution in [0.25, 0.3) is 0 Å². The van der Waals surface area contributed by atoms with Crippen LogP contribution in [0, 0.1) is 11.3 Å². The summed E-state index contributed by atoms with van der Waals surface area (Å²) in [5.41, 5.74) is 2.49. The van der Waals surface area contributed by atoms with Crippen molar-refractivity contribution in [1.82, 2.24) is 9.80 Å². The molecule has 0 saturated carbocycles. The summed E-state index contributed by atoms with van der Waals surface area (Å²) in [5, 5.41) is 8.89. The maximum atomic E-state index is 12.8. The minimum Gasteiger partial charge on any atom is -0.337 e. The molecule has 0 spiro atoms. The predicted octanol–water partition coefficient (Wildman–Crippen LogP) is 2.64. The fraction of sp³-hybridized carbons (Fsp3) is 0.333. The standard InChI is InChI=1S/C21H23N3O2S/c1-27(26)20-9-7-19(8-10-20)21(25)24-12-2-11-23(13-14-24)16-18-5-3-17(15-22)4-6-18/h3-10H,2,11-14,16H2,1H3. The smallest absolute Gasteiger partial charge is 0.253 e. The largest absolute Gasteiger partial charge is 0.337 e. The van der Waals surface area contributed by atoms with Crippen LogP contribution < -0.4 is 0 Å². The zero-order chi connectivity index (χ0) is 19.2. The van der Waals surface area contributed by atoms with E-state index in [1.54, 1.807) is 30.5 Å². The summed E-state index contributed by atoms with van der Waals surface area (Å²) in [6.07, 6.45) is 2.56. The van der Waals surface area contributed by atoms with Gasteiger partial charge in [-0.3, -0.25) is 13.9 Å². The molecule has 1 saturated heterocycles. The molecule has 0 radical (unpaired) electrons. The van der Waals surface area contributed by atoms with Gasteiger partial charge in [0.15, 0.2) is 0 Å². The van der Waals surface area contributed by atoms with Gasteiger partial charge in [-0.2, -0.15) is 5.26 Å². The molecule has 1 unspecified atom stereocenters. The lowest BCUT2D eigenvalue weighted by Gasteiger charge is -2.22. The van der Waals surface area contributed by atoms with Crippen LogP contribution in [0.15, 0.2) is 53.4 Å². The first-order valence-corrected chi connectivity index (χ1v) is 10.6. The van der Waals surface area contributed by atoms with Gasteiger partial charge in [-0.25, -0.2) is 0 Å². The highest BCUT2D eigenvalue weighted by Gasteiger charge is 2.20. The lowest BCUT2D eigenvalue weighted by Crippen LogP contribution is -2.35. The third-order valence-corrected chi connectivity index (χ3v) is 5.73. The minimum atomic E-state index is -1.03. The van der Waals surface area contributed by atoms with Crippen molar-refractivity contribution >= 4 is 16.7 Å². The molecule has 0 aromatic heterocycles. The number of nitrogens with zero attached hydrogens (tertiary/aromatic N) is 3. The second kappa shape index (κ2) is 8.94. The van der Waals surface area contributed by atoms with E-state index in [-0.39, 0.29) is 5.91 Å². The molecule has 2 aromatic rings. The molecule has 3 rings (SSSR count). The Bertz CT molecular complexity index is 856. The fourth-order valence-corrected chi connectivity index (χ4v) is 3.77. The molecule has 0 aliphatic carbocycles. The Hall–Kier alpha value is -2.49. The van der Waals surface area contributed by atoms with Gasteiger partial charge in [0, 0.05) is 60.2 Å². The zero-order valence-corrected chi connectivity index (χ0v) is 16.2. The molecule has 6 heteroatoms. The Balaban J connectivity index is 1.59. The number of hydrogen-bond acceptors (Lipinski definition) is 4. The number of rotatable bonds is 4. The van der Waals surface area contributed by atoms with Gasteiger partial charge >= 0.3 is 0 Å². The van der Waals surface area contributed by atoms with Gasteiger partial charge in [-0.05, 0) is 48.4 Å². The second-order valence-corrected chi connectivity index (χ2v) is 8.09. The van der Waals surface area contributed by atoms with Crippen LogP contribution in [-0.4, -0.2) is 52.4 Å². The van der Waals surface area contributed by atoms with E-state index in [2.05, 4.69) is 11.0 Å². The van der Waals surface area contributed by atoms with Gasteiger partial charge in [-0.1, -0.05) is 12.1 Å². The summed E-state index contributed by atoms with van der Waals surface area (Å²) >= 11 is 0. The molecule has 140 valence electrons. The highest BCUT2D eigenvalue weighted by molar-refractivity contribution is 7.84. The quantitative estimate of drug-likeness (QED) is 0.817. The van der Waals surface area contributed by atoms with Crippen molar-refractivity contribution in [3.05, 3.63) is 65.2 Å². The molecule has 0 N–H and O–H groups in total. The van der Waals surface area contributed by atoms with E-state index in [1.165, 1.54) is 5.56 Å². The number of carbonyl (C=O) groups is 1. The zero-order valence-electron chi connectivity index (χ0n) is 15.4. The molecule has 1 fully saturated rings. The van der Waals surface area contributed by atoms with Crippen molar-refractivity contribution in [3.63, 3.8) is 0 Å². The van der Waals surface area contributed by atoms with Crippen LogP contribution >= 0.6 is 0 Å². The van der Waals surface area contributed by atoms with Crippen molar-refractivity contribution in [2.24, 2.45) is 0 Å². The Morgan fingerprint density at radius 1 is 1.04 bits per heavy atom. The van der Waals surface area contributed by atoms with Crippen molar-refractivity contribution in [3.8, 4) is 6.07 Å². The third kappa shape index (κ3) is 5.03. The third-order valence-electron chi connectivity index (χ3n) is 4.80. The summed E-state index contributed by atoms with van der Waals surface area (Å²) in [5.74, 6) is 0.0312. The molecule has 2 aromatic carbocycles. The van der Waals surface area contributed by atoms with Crippen LogP contribution in [0.1, 0.15) is 27.9 Å². The topological polar surface area (TPSA) is 64.4 Å². The van der Waals surface area contributed by atoms with Crippen molar-refractivity contribution in [2.75, 3.05) is 32.4 Å². The van der Waals surface area contributed by atoms with Crippen molar-refractivity contribution in [2.45, 2.75) is 17.9 Å². The highest BCUT2D eigenvalue weighted by Crippen LogP contribution is 2.14. The van der Waals surface area contributed by atoms with E-state index in [1.807, 2.05) is 29.2 Å². The first-order valence-electron chi connectivity index (χ1n) is 9.01. The van der Waals surface area contributed by atoms with E-state index in [9.17, 15) is 9.00 Å². The van der Waals surface area contributed by atoms with Crippen molar-refractivity contribution < 1.29 is 9.00 Å². The van der Waals surface area contributed by atoms with Gasteiger partial charge in [0.2, 0.25) is 0 Å². The summed E-state index contributed by atoms with van der Waals surface area (Å²) < 4.78 is 11.5. The first kappa shape index (κ1) is 19.3. The van der Waals surface area contributed by atoms with Crippen molar-refractivity contribution in [1.29, 1.82) is 5.26 Å². The summed E-state index contributed by atoms with van der Waals surface area (Å²) in [6, 6.07) is 16.9.